The predicted octanol–water partition coefficient (Wildman–Crippen LogP) is 2.52. The highest BCUT2D eigenvalue weighted by atomic mass is 16.1. The Bertz CT molecular complexity index is 331. The summed E-state index contributed by atoms with van der Waals surface area (Å²) >= 11 is 0. The van der Waals surface area contributed by atoms with E-state index in [0.717, 1.165) is 12.1 Å². The molecule has 1 aromatic rings. The molecule has 1 aromatic carbocycles. The number of anilines is 1. The molecule has 1 aliphatic heterocycles. The highest BCUT2D eigenvalue weighted by Gasteiger charge is 2.13. The topological polar surface area (TPSA) is 29.1 Å². The fourth-order valence-corrected chi connectivity index (χ4v) is 1.51. The highest BCUT2D eigenvalue weighted by molar-refractivity contribution is 5.93. The van der Waals surface area contributed by atoms with Crippen LogP contribution in [0.2, 0.25) is 0 Å². The van der Waals surface area contributed by atoms with E-state index in [1.165, 1.54) is 11.1 Å². The molecule has 0 radical (unpaired) electrons. The zero-order chi connectivity index (χ0) is 8.55. The lowest BCUT2D eigenvalue weighted by molar-refractivity contribution is -0.116. The number of benzene rings is 1. The van der Waals surface area contributed by atoms with Crippen molar-refractivity contribution in [2.24, 2.45) is 0 Å². The minimum absolute atomic E-state index is 0. The van der Waals surface area contributed by atoms with Crippen LogP contribution in [-0.2, 0) is 11.2 Å². The van der Waals surface area contributed by atoms with Crippen molar-refractivity contribution in [3.63, 3.8) is 0 Å². The molecule has 1 heterocycles. The fourth-order valence-electron chi connectivity index (χ4n) is 1.51. The van der Waals surface area contributed by atoms with Crippen LogP contribution in [0, 0.1) is 6.92 Å². The van der Waals surface area contributed by atoms with Gasteiger partial charge in [-0.25, -0.2) is 0 Å². The third-order valence-corrected chi connectivity index (χ3v) is 2.16. The van der Waals surface area contributed by atoms with Crippen LogP contribution in [0.4, 0.5) is 5.69 Å². The smallest absolute Gasteiger partial charge is 0.224 e. The summed E-state index contributed by atoms with van der Waals surface area (Å²) in [6.07, 6.45) is 1.50. The monoisotopic (exact) mass is 177 g/mol. The Morgan fingerprint density at radius 2 is 2.08 bits per heavy atom. The van der Waals surface area contributed by atoms with Crippen LogP contribution >= 0.6 is 0 Å². The van der Waals surface area contributed by atoms with Gasteiger partial charge < -0.3 is 5.32 Å². The standard InChI is InChI=1S/C10H11NO.CH4/c1-7-2-4-9-8(6-7)3-5-10(12)11-9;/h2,4,6H,3,5H2,1H3,(H,11,12);1H4. The quantitative estimate of drug-likeness (QED) is 0.648. The van der Waals surface area contributed by atoms with E-state index in [0.29, 0.717) is 6.42 Å². The highest BCUT2D eigenvalue weighted by Crippen LogP contribution is 2.22. The zero-order valence-electron chi connectivity index (χ0n) is 7.05. The number of nitrogens with one attached hydrogen (secondary N) is 1. The van der Waals surface area contributed by atoms with E-state index in [1.54, 1.807) is 0 Å². The number of hydrogen-bond acceptors (Lipinski definition) is 1. The summed E-state index contributed by atoms with van der Waals surface area (Å²) in [7, 11) is 0. The molecule has 0 saturated heterocycles. The van der Waals surface area contributed by atoms with Gasteiger partial charge in [0.05, 0.1) is 0 Å². The molecule has 0 saturated carbocycles. The van der Waals surface area contributed by atoms with Crippen LogP contribution in [0.3, 0.4) is 0 Å². The molecule has 1 aliphatic rings. The molecule has 0 unspecified atom stereocenters. The van der Waals surface area contributed by atoms with Crippen molar-refractivity contribution in [3.8, 4) is 0 Å². The molecule has 13 heavy (non-hydrogen) atoms. The van der Waals surface area contributed by atoms with Crippen LogP contribution in [-0.4, -0.2) is 5.91 Å². The van der Waals surface area contributed by atoms with E-state index in [4.69, 9.17) is 0 Å². The van der Waals surface area contributed by atoms with Crippen LogP contribution < -0.4 is 5.32 Å². The van der Waals surface area contributed by atoms with Gasteiger partial charge in [-0.1, -0.05) is 25.1 Å². The summed E-state index contributed by atoms with van der Waals surface area (Å²) in [6.45, 7) is 2.07. The lowest BCUT2D eigenvalue weighted by Gasteiger charge is -2.16. The molecule has 2 heteroatoms. The average Bonchev–Trinajstić information content (AvgIpc) is 2.05. The van der Waals surface area contributed by atoms with Crippen LogP contribution in [0.1, 0.15) is 25.0 Å². The fraction of sp³-hybridized carbons (Fsp3) is 0.364. The molecule has 0 spiro atoms. The maximum Gasteiger partial charge on any atom is 0.224 e. The lowest BCUT2D eigenvalue weighted by atomic mass is 10.0. The summed E-state index contributed by atoms with van der Waals surface area (Å²) in [5, 5.41) is 2.85. The first kappa shape index (κ1) is 9.78. The molecular formula is C11H15NO. The Balaban J connectivity index is 0.000000845. The minimum Gasteiger partial charge on any atom is -0.326 e. The maximum atomic E-state index is 11.0. The summed E-state index contributed by atoms with van der Waals surface area (Å²) in [5.41, 5.74) is 3.50. The van der Waals surface area contributed by atoms with Gasteiger partial charge in [-0.05, 0) is 25.0 Å². The van der Waals surface area contributed by atoms with E-state index < -0.39 is 0 Å². The Labute approximate surface area is 79.0 Å². The first-order valence-electron chi connectivity index (χ1n) is 4.15. The minimum atomic E-state index is 0. The molecule has 0 aromatic heterocycles. The molecule has 0 fully saturated rings. The van der Waals surface area contributed by atoms with Crippen molar-refractivity contribution in [2.75, 3.05) is 5.32 Å². The van der Waals surface area contributed by atoms with Gasteiger partial charge in [0, 0.05) is 12.1 Å². The first-order valence-corrected chi connectivity index (χ1v) is 4.15. The third-order valence-electron chi connectivity index (χ3n) is 2.16. The second-order valence-electron chi connectivity index (χ2n) is 3.21. The summed E-state index contributed by atoms with van der Waals surface area (Å²) in [6, 6.07) is 6.13. The molecule has 0 bridgehead atoms. The molecule has 2 nitrogen and oxygen atoms in total. The van der Waals surface area contributed by atoms with Crippen molar-refractivity contribution in [1.29, 1.82) is 0 Å². The summed E-state index contributed by atoms with van der Waals surface area (Å²) in [4.78, 5) is 11.0. The second-order valence-corrected chi connectivity index (χ2v) is 3.21. The van der Waals surface area contributed by atoms with Crippen molar-refractivity contribution in [2.45, 2.75) is 27.2 Å². The number of rotatable bonds is 0. The molecular weight excluding hydrogens is 162 g/mol. The van der Waals surface area contributed by atoms with Crippen LogP contribution in [0.15, 0.2) is 18.2 Å². The molecule has 0 atom stereocenters. The Hall–Kier alpha value is -1.31. The predicted molar refractivity (Wildman–Crippen MR) is 54.9 cm³/mol. The van der Waals surface area contributed by atoms with E-state index >= 15 is 0 Å². The van der Waals surface area contributed by atoms with E-state index in [1.807, 2.05) is 12.1 Å². The molecule has 0 aliphatic carbocycles. The third kappa shape index (κ3) is 1.89. The van der Waals surface area contributed by atoms with E-state index in [9.17, 15) is 4.79 Å². The number of hydrogen-bond donors (Lipinski definition) is 1. The number of aryl methyl sites for hydroxylation is 2. The van der Waals surface area contributed by atoms with Crippen molar-refractivity contribution >= 4 is 11.6 Å². The Morgan fingerprint density at radius 3 is 2.85 bits per heavy atom. The van der Waals surface area contributed by atoms with Gasteiger partial charge in [-0.3, -0.25) is 4.79 Å². The van der Waals surface area contributed by atoms with Crippen molar-refractivity contribution in [1.82, 2.24) is 0 Å². The number of carbonyl (C=O) groups is 1. The van der Waals surface area contributed by atoms with Gasteiger partial charge in [0.25, 0.3) is 0 Å². The number of carbonyl (C=O) groups excluding carboxylic acids is 1. The number of amides is 1. The van der Waals surface area contributed by atoms with Gasteiger partial charge in [0.2, 0.25) is 5.91 Å². The van der Waals surface area contributed by atoms with Crippen molar-refractivity contribution < 1.29 is 4.79 Å². The van der Waals surface area contributed by atoms with E-state index in [2.05, 4.69) is 18.3 Å². The normalized spacial score (nSPS) is 14.1. The zero-order valence-corrected chi connectivity index (χ0v) is 7.05. The van der Waals surface area contributed by atoms with Gasteiger partial charge >= 0.3 is 0 Å². The van der Waals surface area contributed by atoms with E-state index in [-0.39, 0.29) is 13.3 Å². The summed E-state index contributed by atoms with van der Waals surface area (Å²) in [5.74, 6) is 0.131. The second kappa shape index (κ2) is 3.60. The average molecular weight is 177 g/mol. The first-order chi connectivity index (χ1) is 5.75. The Kier molecular flexibility index (Phi) is 2.71. The molecule has 1 amide bonds. The largest absolute Gasteiger partial charge is 0.326 e. The van der Waals surface area contributed by atoms with Gasteiger partial charge in [-0.2, -0.15) is 0 Å². The Morgan fingerprint density at radius 1 is 1.31 bits per heavy atom. The molecule has 70 valence electrons. The van der Waals surface area contributed by atoms with Crippen LogP contribution in [0.5, 0.6) is 0 Å². The SMILES string of the molecule is C.Cc1ccc2c(c1)CCC(=O)N2. The van der Waals surface area contributed by atoms with Gasteiger partial charge in [0.1, 0.15) is 0 Å². The maximum absolute atomic E-state index is 11.0. The van der Waals surface area contributed by atoms with Gasteiger partial charge in [-0.15, -0.1) is 0 Å². The van der Waals surface area contributed by atoms with Crippen molar-refractivity contribution in [3.05, 3.63) is 29.3 Å². The number of fused-ring (bicyclic) bond motifs is 1. The lowest BCUT2D eigenvalue weighted by Crippen LogP contribution is -2.18. The molecule has 1 N–H and O–H groups in total. The summed E-state index contributed by atoms with van der Waals surface area (Å²) < 4.78 is 0. The molecule has 2 rings (SSSR count). The van der Waals surface area contributed by atoms with Crippen LogP contribution in [0.25, 0.3) is 0 Å². The van der Waals surface area contributed by atoms with Gasteiger partial charge in [0.15, 0.2) is 0 Å².